The van der Waals surface area contributed by atoms with Gasteiger partial charge in [-0.2, -0.15) is 0 Å². The number of nitrogens with zero attached hydrogens (tertiary/aromatic N) is 4. The van der Waals surface area contributed by atoms with E-state index in [-0.39, 0.29) is 0 Å². The number of ether oxygens (including phenoxy) is 1. The van der Waals surface area contributed by atoms with Crippen molar-refractivity contribution in [3.63, 3.8) is 0 Å². The van der Waals surface area contributed by atoms with Crippen LogP contribution in [0, 0.1) is 13.8 Å². The van der Waals surface area contributed by atoms with Crippen LogP contribution in [-0.4, -0.2) is 59.7 Å². The van der Waals surface area contributed by atoms with Gasteiger partial charge in [-0.1, -0.05) is 0 Å². The van der Waals surface area contributed by atoms with E-state index in [1.54, 1.807) is 11.3 Å². The van der Waals surface area contributed by atoms with Crippen molar-refractivity contribution in [2.24, 2.45) is 5.73 Å². The molecule has 2 fully saturated rings. The highest BCUT2D eigenvalue weighted by molar-refractivity contribution is 7.18. The molecule has 2 saturated heterocycles. The number of anilines is 1. The Morgan fingerprint density at radius 2 is 2.04 bits per heavy atom. The minimum absolute atomic E-state index is 0.421. The predicted octanol–water partition coefficient (Wildman–Crippen LogP) is 1.59. The second kappa shape index (κ2) is 7.09. The molecule has 0 saturated carbocycles. The van der Waals surface area contributed by atoms with Crippen LogP contribution in [0.4, 0.5) is 5.82 Å². The third-order valence-electron chi connectivity index (χ3n) is 5.30. The lowest BCUT2D eigenvalue weighted by molar-refractivity contribution is -0.130. The molecule has 0 aliphatic carbocycles. The molecule has 140 valence electrons. The van der Waals surface area contributed by atoms with Crippen molar-refractivity contribution >= 4 is 33.3 Å². The summed E-state index contributed by atoms with van der Waals surface area (Å²) < 4.78 is 5.51. The molecule has 1 atom stereocenters. The van der Waals surface area contributed by atoms with E-state index in [1.165, 1.54) is 23.3 Å². The molecule has 0 aromatic carbocycles. The number of rotatable bonds is 4. The highest BCUT2D eigenvalue weighted by Crippen LogP contribution is 2.35. The second-order valence-electron chi connectivity index (χ2n) is 7.12. The first kappa shape index (κ1) is 17.6. The molecule has 4 rings (SSSR count). The fourth-order valence-electron chi connectivity index (χ4n) is 3.73. The van der Waals surface area contributed by atoms with E-state index in [0.717, 1.165) is 41.5 Å². The quantitative estimate of drug-likeness (QED) is 0.874. The van der Waals surface area contributed by atoms with Crippen LogP contribution in [0.15, 0.2) is 0 Å². The molecular formula is C18H25N5O2S. The highest BCUT2D eigenvalue weighted by Gasteiger charge is 2.28. The molecule has 0 radical (unpaired) electrons. The molecule has 1 amide bonds. The number of thiophene rings is 1. The monoisotopic (exact) mass is 375 g/mol. The fraction of sp³-hybridized carbons (Fsp3) is 0.611. The van der Waals surface area contributed by atoms with Crippen molar-refractivity contribution in [1.82, 2.24) is 14.9 Å². The molecule has 26 heavy (non-hydrogen) atoms. The zero-order valence-electron chi connectivity index (χ0n) is 15.3. The molecule has 0 bridgehead atoms. The summed E-state index contributed by atoms with van der Waals surface area (Å²) in [6.07, 6.45) is 1.91. The number of aromatic nitrogens is 2. The van der Waals surface area contributed by atoms with Gasteiger partial charge in [0, 0.05) is 11.4 Å². The number of nitrogens with two attached hydrogens (primary N) is 1. The maximum absolute atomic E-state index is 11.6. The van der Waals surface area contributed by atoms with E-state index in [1.807, 2.05) is 0 Å². The van der Waals surface area contributed by atoms with Gasteiger partial charge in [-0.15, -0.1) is 11.3 Å². The Kier molecular flexibility index (Phi) is 4.81. The molecule has 8 heteroatoms. The van der Waals surface area contributed by atoms with Crippen LogP contribution >= 0.6 is 11.3 Å². The predicted molar refractivity (Wildman–Crippen MR) is 103 cm³/mol. The van der Waals surface area contributed by atoms with Crippen LogP contribution in [0.1, 0.15) is 29.1 Å². The van der Waals surface area contributed by atoms with Gasteiger partial charge in [0.2, 0.25) is 5.91 Å². The van der Waals surface area contributed by atoms with Crippen molar-refractivity contribution < 1.29 is 9.53 Å². The number of aryl methyl sites for hydroxylation is 2. The Morgan fingerprint density at radius 1 is 1.27 bits per heavy atom. The summed E-state index contributed by atoms with van der Waals surface area (Å²) in [4.78, 5) is 28.2. The van der Waals surface area contributed by atoms with Gasteiger partial charge in [-0.05, 0) is 45.3 Å². The number of hydrogen-bond donors (Lipinski definition) is 1. The van der Waals surface area contributed by atoms with E-state index in [0.29, 0.717) is 19.7 Å². The van der Waals surface area contributed by atoms with Gasteiger partial charge in [0.25, 0.3) is 0 Å². The Bertz CT molecular complexity index is 831. The fourth-order valence-corrected chi connectivity index (χ4v) is 4.77. The first-order chi connectivity index (χ1) is 12.5. The van der Waals surface area contributed by atoms with Crippen LogP contribution in [0.5, 0.6) is 0 Å². The van der Waals surface area contributed by atoms with Gasteiger partial charge >= 0.3 is 0 Å². The first-order valence-electron chi connectivity index (χ1n) is 9.18. The van der Waals surface area contributed by atoms with E-state index < -0.39 is 12.0 Å². The normalized spacial score (nSPS) is 21.6. The second-order valence-corrected chi connectivity index (χ2v) is 8.32. The molecule has 7 nitrogen and oxygen atoms in total. The number of morpholine rings is 1. The van der Waals surface area contributed by atoms with Gasteiger partial charge in [0.1, 0.15) is 16.5 Å². The van der Waals surface area contributed by atoms with Crippen LogP contribution in [0.3, 0.4) is 0 Å². The zero-order chi connectivity index (χ0) is 18.3. The maximum atomic E-state index is 11.6. The number of likely N-dealkylation sites (tertiary alicyclic amines) is 1. The summed E-state index contributed by atoms with van der Waals surface area (Å²) in [5.74, 6) is 1.36. The topological polar surface area (TPSA) is 84.6 Å². The average Bonchev–Trinajstić information content (AvgIpc) is 3.23. The number of amides is 1. The van der Waals surface area contributed by atoms with Crippen molar-refractivity contribution in [2.75, 3.05) is 37.7 Å². The lowest BCUT2D eigenvalue weighted by Crippen LogP contribution is -2.48. The smallest absolute Gasteiger partial charge is 0.248 e. The van der Waals surface area contributed by atoms with E-state index in [9.17, 15) is 4.79 Å². The number of carbonyl (C=O) groups is 1. The maximum Gasteiger partial charge on any atom is 0.248 e. The average molecular weight is 375 g/mol. The Labute approximate surface area is 157 Å². The number of carbonyl (C=O) groups excluding carboxylic acids is 1. The van der Waals surface area contributed by atoms with Crippen molar-refractivity contribution in [3.8, 4) is 0 Å². The minimum Gasteiger partial charge on any atom is -0.367 e. The highest BCUT2D eigenvalue weighted by atomic mass is 32.1. The SMILES string of the molecule is Cc1sc2nc(CN3CCCC3)nc(N3CCOC(C(N)=O)C3)c2c1C. The standard InChI is InChI=1S/C18H25N5O2S/c1-11-12(2)26-18-15(11)17(23-7-8-25-13(9-23)16(19)24)20-14(21-18)10-22-5-3-4-6-22/h13H,3-10H2,1-2H3,(H2,19,24). The van der Waals surface area contributed by atoms with Gasteiger partial charge in [-0.25, -0.2) is 9.97 Å². The summed E-state index contributed by atoms with van der Waals surface area (Å²) in [5.41, 5.74) is 6.68. The van der Waals surface area contributed by atoms with Gasteiger partial charge in [0.05, 0.1) is 25.1 Å². The van der Waals surface area contributed by atoms with Gasteiger partial charge in [-0.3, -0.25) is 9.69 Å². The number of hydrogen-bond acceptors (Lipinski definition) is 7. The summed E-state index contributed by atoms with van der Waals surface area (Å²) in [6, 6.07) is 0. The molecule has 2 N–H and O–H groups in total. The third kappa shape index (κ3) is 3.28. The van der Waals surface area contributed by atoms with Crippen molar-refractivity contribution in [3.05, 3.63) is 16.3 Å². The first-order valence-corrected chi connectivity index (χ1v) is 9.99. The number of primary amides is 1. The summed E-state index contributed by atoms with van der Waals surface area (Å²) in [6.45, 7) is 8.86. The van der Waals surface area contributed by atoms with Gasteiger partial charge < -0.3 is 15.4 Å². The summed E-state index contributed by atoms with van der Waals surface area (Å²) in [5, 5.41) is 1.10. The van der Waals surface area contributed by atoms with Crippen LogP contribution < -0.4 is 10.6 Å². The molecule has 4 heterocycles. The lowest BCUT2D eigenvalue weighted by Gasteiger charge is -2.33. The molecule has 2 aromatic rings. The van der Waals surface area contributed by atoms with E-state index in [4.69, 9.17) is 20.4 Å². The van der Waals surface area contributed by atoms with E-state index in [2.05, 4.69) is 23.6 Å². The van der Waals surface area contributed by atoms with Crippen LogP contribution in [-0.2, 0) is 16.1 Å². The largest absolute Gasteiger partial charge is 0.367 e. The van der Waals surface area contributed by atoms with Crippen LogP contribution in [0.2, 0.25) is 0 Å². The van der Waals surface area contributed by atoms with E-state index >= 15 is 0 Å². The third-order valence-corrected chi connectivity index (χ3v) is 6.40. The molecule has 2 aliphatic rings. The summed E-state index contributed by atoms with van der Waals surface area (Å²) >= 11 is 1.72. The van der Waals surface area contributed by atoms with Crippen molar-refractivity contribution in [1.29, 1.82) is 0 Å². The molecular weight excluding hydrogens is 350 g/mol. The van der Waals surface area contributed by atoms with Crippen LogP contribution in [0.25, 0.3) is 10.2 Å². The van der Waals surface area contributed by atoms with Crippen molar-refractivity contribution in [2.45, 2.75) is 39.3 Å². The molecule has 0 spiro atoms. The Morgan fingerprint density at radius 3 is 2.77 bits per heavy atom. The summed E-state index contributed by atoms with van der Waals surface area (Å²) in [7, 11) is 0. The minimum atomic E-state index is -0.587. The Balaban J connectivity index is 1.73. The van der Waals surface area contributed by atoms with Gasteiger partial charge in [0.15, 0.2) is 6.10 Å². The Hall–Kier alpha value is -1.77. The lowest BCUT2D eigenvalue weighted by atomic mass is 10.1. The molecule has 2 aromatic heterocycles. The number of fused-ring (bicyclic) bond motifs is 1. The molecule has 1 unspecified atom stereocenters. The molecule has 2 aliphatic heterocycles. The zero-order valence-corrected chi connectivity index (χ0v) is 16.1.